The number of carbonyl (C=O) groups is 1. The van der Waals surface area contributed by atoms with E-state index in [1.54, 1.807) is 30.3 Å². The number of hydrogen-bond donors (Lipinski definition) is 2. The van der Waals surface area contributed by atoms with Crippen molar-refractivity contribution < 1.29 is 19.2 Å². The van der Waals surface area contributed by atoms with Crippen molar-refractivity contribution in [1.82, 2.24) is 10.5 Å². The van der Waals surface area contributed by atoms with Crippen molar-refractivity contribution in [3.05, 3.63) is 82.1 Å². The predicted molar refractivity (Wildman–Crippen MR) is 118 cm³/mol. The van der Waals surface area contributed by atoms with Crippen molar-refractivity contribution in [1.29, 1.82) is 0 Å². The highest BCUT2D eigenvalue weighted by molar-refractivity contribution is 6.31. The molecule has 0 radical (unpaired) electrons. The molecule has 1 aromatic heterocycles. The second kappa shape index (κ2) is 9.14. The molecule has 1 aliphatic rings. The molecule has 4 rings (SSSR count). The van der Waals surface area contributed by atoms with Gasteiger partial charge in [-0.25, -0.2) is 0 Å². The number of aromatic nitrogens is 1. The normalized spacial score (nSPS) is 17.5. The van der Waals surface area contributed by atoms with E-state index in [0.29, 0.717) is 45.7 Å². The number of carbonyl (C=O) groups excluding carboxylic acids is 1. The van der Waals surface area contributed by atoms with Crippen LogP contribution in [0.3, 0.4) is 0 Å². The van der Waals surface area contributed by atoms with Crippen molar-refractivity contribution in [2.75, 3.05) is 0 Å². The number of allylic oxidation sites excluding steroid dienone is 1. The minimum atomic E-state index is -0.826. The molecule has 2 aromatic carbocycles. The number of nitrogens with zero attached hydrogens (tertiary/aromatic N) is 1. The second-order valence-electron chi connectivity index (χ2n) is 7.32. The summed E-state index contributed by atoms with van der Waals surface area (Å²) < 4.78 is 11.1. The molecule has 3 aromatic rings. The maximum Gasteiger partial charge on any atom is 0.265 e. The van der Waals surface area contributed by atoms with Gasteiger partial charge in [0.25, 0.3) is 5.91 Å². The van der Waals surface area contributed by atoms with Crippen molar-refractivity contribution in [3.8, 4) is 17.1 Å². The average Bonchev–Trinajstić information content (AvgIpc) is 3.22. The third kappa shape index (κ3) is 5.10. The zero-order valence-electron chi connectivity index (χ0n) is 16.5. The minimum absolute atomic E-state index is 0.139. The summed E-state index contributed by atoms with van der Waals surface area (Å²) in [4.78, 5) is 12.6. The Morgan fingerprint density at radius 3 is 2.68 bits per heavy atom. The summed E-state index contributed by atoms with van der Waals surface area (Å²) in [5.74, 6) is 0.738. The fourth-order valence-electron chi connectivity index (χ4n) is 3.35. The van der Waals surface area contributed by atoms with E-state index in [1.165, 1.54) is 0 Å². The molecule has 160 valence electrons. The number of benzene rings is 2. The molecule has 2 atom stereocenters. The second-order valence-corrected chi connectivity index (χ2v) is 8.20. The number of aliphatic hydroxyl groups excluding tert-OH is 1. The number of aliphatic hydroxyl groups is 1. The summed E-state index contributed by atoms with van der Waals surface area (Å²) in [7, 11) is 0. The van der Waals surface area contributed by atoms with Crippen molar-refractivity contribution in [3.63, 3.8) is 0 Å². The summed E-state index contributed by atoms with van der Waals surface area (Å²) in [6.45, 7) is 3.91. The van der Waals surface area contributed by atoms with Gasteiger partial charge in [-0.3, -0.25) is 4.79 Å². The molecule has 1 aliphatic heterocycles. The van der Waals surface area contributed by atoms with Gasteiger partial charge >= 0.3 is 0 Å². The average molecular weight is 459 g/mol. The van der Waals surface area contributed by atoms with E-state index < -0.39 is 12.2 Å². The van der Waals surface area contributed by atoms with Gasteiger partial charge < -0.3 is 19.7 Å². The van der Waals surface area contributed by atoms with Gasteiger partial charge in [0.05, 0.1) is 11.8 Å². The van der Waals surface area contributed by atoms with Gasteiger partial charge in [-0.15, -0.1) is 0 Å². The third-order valence-electron chi connectivity index (χ3n) is 5.00. The van der Waals surface area contributed by atoms with Gasteiger partial charge in [-0.2, -0.15) is 0 Å². The van der Waals surface area contributed by atoms with E-state index in [2.05, 4.69) is 17.1 Å². The summed E-state index contributed by atoms with van der Waals surface area (Å²) in [6.07, 6.45) is -0.469. The zero-order valence-corrected chi connectivity index (χ0v) is 18.0. The van der Waals surface area contributed by atoms with Crippen molar-refractivity contribution >= 4 is 29.1 Å². The lowest BCUT2D eigenvalue weighted by molar-refractivity contribution is -0.129. The number of ether oxygens (including phenoxy) is 1. The molecule has 0 saturated carbocycles. The van der Waals surface area contributed by atoms with E-state index in [9.17, 15) is 9.90 Å². The summed E-state index contributed by atoms with van der Waals surface area (Å²) >= 11 is 11.9. The fraction of sp³-hybridized carbons (Fsp3) is 0.217. The van der Waals surface area contributed by atoms with Gasteiger partial charge in [0.2, 0.25) is 0 Å². The Morgan fingerprint density at radius 1 is 1.16 bits per heavy atom. The largest absolute Gasteiger partial charge is 0.480 e. The Bertz CT molecular complexity index is 1110. The number of fused-ring (bicyclic) bond motifs is 1. The Hall–Kier alpha value is -2.80. The molecule has 0 bridgehead atoms. The van der Waals surface area contributed by atoms with Gasteiger partial charge in [-0.1, -0.05) is 34.9 Å². The van der Waals surface area contributed by atoms with Crippen LogP contribution in [0, 0.1) is 0 Å². The van der Waals surface area contributed by atoms with Crippen molar-refractivity contribution in [2.45, 2.75) is 31.5 Å². The summed E-state index contributed by atoms with van der Waals surface area (Å²) in [5, 5.41) is 18.3. The first-order valence-corrected chi connectivity index (χ1v) is 10.5. The van der Waals surface area contributed by atoms with E-state index >= 15 is 0 Å². The van der Waals surface area contributed by atoms with Crippen LogP contribution in [-0.4, -0.2) is 22.3 Å². The third-order valence-corrected chi connectivity index (χ3v) is 5.49. The van der Waals surface area contributed by atoms with E-state index in [1.807, 2.05) is 18.2 Å². The molecule has 8 heteroatoms. The predicted octanol–water partition coefficient (Wildman–Crippen LogP) is 5.10. The molecule has 0 spiro atoms. The maximum atomic E-state index is 12.6. The topological polar surface area (TPSA) is 84.6 Å². The van der Waals surface area contributed by atoms with E-state index in [4.69, 9.17) is 32.5 Å². The molecule has 2 N–H and O–H groups in total. The first-order valence-electron chi connectivity index (χ1n) is 9.73. The van der Waals surface area contributed by atoms with Crippen LogP contribution in [0.1, 0.15) is 30.2 Å². The summed E-state index contributed by atoms with van der Waals surface area (Å²) in [6, 6.07) is 14.1. The standard InChI is InChI=1S/C23H20Cl2N2O4/c1-13(2-8-17-11-21(31-27-17)14-3-5-15(24)6-4-14)26-23(29)22-12-19(28)18-10-16(25)7-9-20(18)30-22/h3-7,9-11,19,22,28H,1-2,8,12H2,(H,26,29)/t19-,22+/m1/s1. The zero-order chi connectivity index (χ0) is 22.0. The lowest BCUT2D eigenvalue weighted by atomic mass is 9.98. The molecule has 0 aliphatic carbocycles. The van der Waals surface area contributed by atoms with Gasteiger partial charge in [0.15, 0.2) is 11.9 Å². The first kappa shape index (κ1) is 21.4. The van der Waals surface area contributed by atoms with Crippen LogP contribution in [0.15, 0.2) is 65.3 Å². The molecular formula is C23H20Cl2N2O4. The van der Waals surface area contributed by atoms with Gasteiger partial charge in [-0.05, 0) is 55.3 Å². The minimum Gasteiger partial charge on any atom is -0.480 e. The Labute approximate surface area is 189 Å². The molecular weight excluding hydrogens is 439 g/mol. The van der Waals surface area contributed by atoms with Crippen LogP contribution in [-0.2, 0) is 11.2 Å². The lowest BCUT2D eigenvalue weighted by Gasteiger charge is -2.29. The Morgan fingerprint density at radius 2 is 1.90 bits per heavy atom. The number of amides is 1. The monoisotopic (exact) mass is 458 g/mol. The van der Waals surface area contributed by atoms with Gasteiger partial charge in [0, 0.05) is 39.4 Å². The molecule has 6 nitrogen and oxygen atoms in total. The number of rotatable bonds is 6. The fourth-order valence-corrected chi connectivity index (χ4v) is 3.66. The van der Waals surface area contributed by atoms with E-state index in [0.717, 1.165) is 11.3 Å². The highest BCUT2D eigenvalue weighted by Crippen LogP contribution is 2.36. The van der Waals surface area contributed by atoms with Crippen LogP contribution in [0.25, 0.3) is 11.3 Å². The Kier molecular flexibility index (Phi) is 6.32. The van der Waals surface area contributed by atoms with Crippen LogP contribution in [0.2, 0.25) is 10.0 Å². The number of aryl methyl sites for hydroxylation is 1. The van der Waals surface area contributed by atoms with E-state index in [-0.39, 0.29) is 12.3 Å². The maximum absolute atomic E-state index is 12.6. The quantitative estimate of drug-likeness (QED) is 0.536. The molecule has 1 amide bonds. The van der Waals surface area contributed by atoms with Crippen LogP contribution < -0.4 is 10.1 Å². The first-order chi connectivity index (χ1) is 14.9. The van der Waals surface area contributed by atoms with Crippen LogP contribution >= 0.6 is 23.2 Å². The molecule has 0 saturated heterocycles. The number of nitrogens with one attached hydrogen (secondary N) is 1. The van der Waals surface area contributed by atoms with Crippen LogP contribution in [0.5, 0.6) is 5.75 Å². The molecule has 0 fully saturated rings. The SMILES string of the molecule is C=C(CCc1cc(-c2ccc(Cl)cc2)on1)NC(=O)[C@@H]1C[C@@H](O)c2cc(Cl)ccc2O1. The Balaban J connectivity index is 1.31. The molecule has 31 heavy (non-hydrogen) atoms. The highest BCUT2D eigenvalue weighted by Gasteiger charge is 2.32. The smallest absolute Gasteiger partial charge is 0.265 e. The molecule has 0 unspecified atom stereocenters. The van der Waals surface area contributed by atoms with Crippen LogP contribution in [0.4, 0.5) is 0 Å². The summed E-state index contributed by atoms with van der Waals surface area (Å²) in [5.41, 5.74) is 2.74. The number of hydrogen-bond acceptors (Lipinski definition) is 5. The van der Waals surface area contributed by atoms with Crippen molar-refractivity contribution in [2.24, 2.45) is 0 Å². The number of halogens is 2. The van der Waals surface area contributed by atoms with Gasteiger partial charge in [0.1, 0.15) is 5.75 Å². The highest BCUT2D eigenvalue weighted by atomic mass is 35.5. The molecule has 2 heterocycles. The lowest BCUT2D eigenvalue weighted by Crippen LogP contribution is -2.41.